The normalized spacial score (nSPS) is 11.0. The molecule has 0 atom stereocenters. The van der Waals surface area contributed by atoms with Crippen LogP contribution in [-0.4, -0.2) is 17.0 Å². The van der Waals surface area contributed by atoms with Gasteiger partial charge in [0.05, 0.1) is 11.3 Å². The Kier molecular flexibility index (Phi) is 4.46. The topological polar surface area (TPSA) is 34.0 Å². The van der Waals surface area contributed by atoms with Gasteiger partial charge in [-0.2, -0.15) is 0 Å². The summed E-state index contributed by atoms with van der Waals surface area (Å²) in [5.74, 6) is -0.0168. The highest BCUT2D eigenvalue weighted by atomic mass is 19.1. The minimum atomic E-state index is -0.298. The first kappa shape index (κ1) is 15.3. The molecule has 1 aromatic heterocycles. The summed E-state index contributed by atoms with van der Waals surface area (Å²) in [5, 5.41) is 2.90. The molecule has 0 fully saturated rings. The first-order valence-electron chi connectivity index (χ1n) is 7.14. The summed E-state index contributed by atoms with van der Waals surface area (Å²) >= 11 is 0. The van der Waals surface area contributed by atoms with Gasteiger partial charge in [0.2, 0.25) is 0 Å². The zero-order valence-corrected chi connectivity index (χ0v) is 12.9. The van der Waals surface area contributed by atoms with Crippen molar-refractivity contribution < 1.29 is 9.18 Å². The highest BCUT2D eigenvalue weighted by molar-refractivity contribution is 5.95. The highest BCUT2D eigenvalue weighted by Crippen LogP contribution is 2.22. The summed E-state index contributed by atoms with van der Waals surface area (Å²) in [7, 11) is 0. The van der Waals surface area contributed by atoms with Crippen molar-refractivity contribution in [1.29, 1.82) is 0 Å². The number of carbonyl (C=O) groups is 1. The number of nitrogens with one attached hydrogen (secondary N) is 1. The summed E-state index contributed by atoms with van der Waals surface area (Å²) in [6.07, 6.45) is 0. The van der Waals surface area contributed by atoms with E-state index >= 15 is 0 Å². The standard InChI is InChI=1S/C17H21FN2O/c1-11(2)10-19-17(21)14-9-12(3)20(13(14)4)16-8-6-5-7-15(16)18/h5-9,11H,10H2,1-4H3,(H,19,21). The number of halogens is 1. The maximum absolute atomic E-state index is 14.0. The number of carbonyl (C=O) groups excluding carboxylic acids is 1. The van der Waals surface area contributed by atoms with Gasteiger partial charge in [-0.05, 0) is 38.0 Å². The molecule has 0 unspecified atom stereocenters. The number of nitrogens with zero attached hydrogens (tertiary/aromatic N) is 1. The minimum absolute atomic E-state index is 0.112. The van der Waals surface area contributed by atoms with Gasteiger partial charge in [-0.3, -0.25) is 4.79 Å². The van der Waals surface area contributed by atoms with Crippen LogP contribution >= 0.6 is 0 Å². The molecule has 0 aliphatic heterocycles. The van der Waals surface area contributed by atoms with Crippen LogP contribution in [0.25, 0.3) is 5.69 Å². The van der Waals surface area contributed by atoms with E-state index in [0.717, 1.165) is 11.4 Å². The maximum atomic E-state index is 14.0. The third kappa shape index (κ3) is 3.15. The first-order valence-corrected chi connectivity index (χ1v) is 7.14. The summed E-state index contributed by atoms with van der Waals surface area (Å²) < 4.78 is 15.8. The Hall–Kier alpha value is -2.10. The maximum Gasteiger partial charge on any atom is 0.253 e. The summed E-state index contributed by atoms with van der Waals surface area (Å²) in [4.78, 5) is 12.2. The van der Waals surface area contributed by atoms with Gasteiger partial charge in [0.1, 0.15) is 5.82 Å². The molecule has 1 heterocycles. The Morgan fingerprint density at radius 1 is 1.29 bits per heavy atom. The predicted molar refractivity (Wildman–Crippen MR) is 82.4 cm³/mol. The number of benzene rings is 1. The Bertz CT molecular complexity index is 659. The molecular weight excluding hydrogens is 267 g/mol. The van der Waals surface area contributed by atoms with Gasteiger partial charge in [-0.15, -0.1) is 0 Å². The van der Waals surface area contributed by atoms with Crippen LogP contribution in [0.5, 0.6) is 0 Å². The Morgan fingerprint density at radius 3 is 2.57 bits per heavy atom. The number of hydrogen-bond donors (Lipinski definition) is 1. The summed E-state index contributed by atoms with van der Waals surface area (Å²) in [6, 6.07) is 8.38. The van der Waals surface area contributed by atoms with Gasteiger partial charge in [-0.25, -0.2) is 4.39 Å². The van der Waals surface area contributed by atoms with Crippen LogP contribution in [0.15, 0.2) is 30.3 Å². The Labute approximate surface area is 124 Å². The van der Waals surface area contributed by atoms with E-state index in [2.05, 4.69) is 5.32 Å². The lowest BCUT2D eigenvalue weighted by molar-refractivity contribution is 0.0948. The van der Waals surface area contributed by atoms with Crippen molar-refractivity contribution in [1.82, 2.24) is 9.88 Å². The van der Waals surface area contributed by atoms with Crippen LogP contribution in [0.3, 0.4) is 0 Å². The van der Waals surface area contributed by atoms with Gasteiger partial charge in [0.25, 0.3) is 5.91 Å². The summed E-state index contributed by atoms with van der Waals surface area (Å²) in [6.45, 7) is 8.43. The second-order valence-corrected chi connectivity index (χ2v) is 5.68. The highest BCUT2D eigenvalue weighted by Gasteiger charge is 2.18. The molecule has 0 bridgehead atoms. The number of para-hydroxylation sites is 1. The van der Waals surface area contributed by atoms with Crippen molar-refractivity contribution in [3.63, 3.8) is 0 Å². The molecule has 0 aliphatic rings. The van der Waals surface area contributed by atoms with E-state index in [4.69, 9.17) is 0 Å². The van der Waals surface area contributed by atoms with E-state index in [1.54, 1.807) is 28.8 Å². The molecule has 1 amide bonds. The largest absolute Gasteiger partial charge is 0.352 e. The van der Waals surface area contributed by atoms with E-state index in [9.17, 15) is 9.18 Å². The van der Waals surface area contributed by atoms with E-state index in [1.165, 1.54) is 6.07 Å². The van der Waals surface area contributed by atoms with Crippen molar-refractivity contribution in [3.05, 3.63) is 53.1 Å². The van der Waals surface area contributed by atoms with E-state index < -0.39 is 0 Å². The number of rotatable bonds is 4. The van der Waals surface area contributed by atoms with Gasteiger partial charge in [-0.1, -0.05) is 26.0 Å². The van der Waals surface area contributed by atoms with Crippen LogP contribution in [-0.2, 0) is 0 Å². The van der Waals surface area contributed by atoms with Gasteiger partial charge >= 0.3 is 0 Å². The van der Waals surface area contributed by atoms with E-state index in [-0.39, 0.29) is 11.7 Å². The zero-order chi connectivity index (χ0) is 15.6. The molecule has 0 spiro atoms. The average Bonchev–Trinajstić information content (AvgIpc) is 2.72. The second kappa shape index (κ2) is 6.12. The number of aryl methyl sites for hydroxylation is 1. The molecule has 112 valence electrons. The fourth-order valence-electron chi connectivity index (χ4n) is 2.39. The fourth-order valence-corrected chi connectivity index (χ4v) is 2.39. The minimum Gasteiger partial charge on any atom is -0.352 e. The van der Waals surface area contributed by atoms with Crippen LogP contribution in [0.1, 0.15) is 35.6 Å². The molecule has 1 aromatic carbocycles. The van der Waals surface area contributed by atoms with Crippen molar-refractivity contribution in [3.8, 4) is 5.69 Å². The number of aromatic nitrogens is 1. The van der Waals surface area contributed by atoms with E-state index in [0.29, 0.717) is 23.7 Å². The van der Waals surface area contributed by atoms with Crippen LogP contribution in [0, 0.1) is 25.6 Å². The molecule has 0 aliphatic carbocycles. The van der Waals surface area contributed by atoms with Crippen molar-refractivity contribution >= 4 is 5.91 Å². The molecule has 4 heteroatoms. The smallest absolute Gasteiger partial charge is 0.253 e. The molecule has 1 N–H and O–H groups in total. The zero-order valence-electron chi connectivity index (χ0n) is 12.9. The SMILES string of the molecule is Cc1cc(C(=O)NCC(C)C)c(C)n1-c1ccccc1F. The fraction of sp³-hybridized carbons (Fsp3) is 0.353. The molecule has 2 aromatic rings. The van der Waals surface area contributed by atoms with Crippen LogP contribution < -0.4 is 5.32 Å². The number of hydrogen-bond acceptors (Lipinski definition) is 1. The molecule has 0 saturated carbocycles. The third-order valence-corrected chi connectivity index (χ3v) is 3.44. The van der Waals surface area contributed by atoms with Crippen LogP contribution in [0.4, 0.5) is 4.39 Å². The molecule has 3 nitrogen and oxygen atoms in total. The Balaban J connectivity index is 2.39. The molecule has 0 saturated heterocycles. The van der Waals surface area contributed by atoms with Crippen molar-refractivity contribution in [2.75, 3.05) is 6.54 Å². The quantitative estimate of drug-likeness (QED) is 0.916. The summed E-state index contributed by atoms with van der Waals surface area (Å²) in [5.41, 5.74) is 2.65. The first-order chi connectivity index (χ1) is 9.91. The number of amides is 1. The molecule has 2 rings (SSSR count). The Morgan fingerprint density at radius 2 is 1.95 bits per heavy atom. The van der Waals surface area contributed by atoms with Gasteiger partial charge in [0, 0.05) is 17.9 Å². The monoisotopic (exact) mass is 288 g/mol. The lowest BCUT2D eigenvalue weighted by Gasteiger charge is -2.11. The lowest BCUT2D eigenvalue weighted by atomic mass is 10.2. The van der Waals surface area contributed by atoms with Gasteiger partial charge < -0.3 is 9.88 Å². The van der Waals surface area contributed by atoms with E-state index in [1.807, 2.05) is 27.7 Å². The van der Waals surface area contributed by atoms with Gasteiger partial charge in [0.15, 0.2) is 0 Å². The third-order valence-electron chi connectivity index (χ3n) is 3.44. The molecular formula is C17H21FN2O. The second-order valence-electron chi connectivity index (χ2n) is 5.68. The molecule has 21 heavy (non-hydrogen) atoms. The predicted octanol–water partition coefficient (Wildman–Crippen LogP) is 3.62. The average molecular weight is 288 g/mol. The van der Waals surface area contributed by atoms with Crippen molar-refractivity contribution in [2.45, 2.75) is 27.7 Å². The lowest BCUT2D eigenvalue weighted by Crippen LogP contribution is -2.27. The van der Waals surface area contributed by atoms with Crippen LogP contribution in [0.2, 0.25) is 0 Å². The molecule has 0 radical (unpaired) electrons. The van der Waals surface area contributed by atoms with Crippen molar-refractivity contribution in [2.24, 2.45) is 5.92 Å².